The Bertz CT molecular complexity index is 370. The van der Waals surface area contributed by atoms with E-state index in [0.29, 0.717) is 16.4 Å². The zero-order valence-electron chi connectivity index (χ0n) is 6.99. The summed E-state index contributed by atoms with van der Waals surface area (Å²) in [5.74, 6) is 0.615. The summed E-state index contributed by atoms with van der Waals surface area (Å²) in [4.78, 5) is 11.4. The average Bonchev–Trinajstić information content (AvgIpc) is 2.48. The van der Waals surface area contributed by atoms with Crippen molar-refractivity contribution in [2.45, 2.75) is 0 Å². The summed E-state index contributed by atoms with van der Waals surface area (Å²) in [6.45, 7) is 0. The van der Waals surface area contributed by atoms with Gasteiger partial charge < -0.3 is 5.73 Å². The molecule has 0 spiro atoms. The molecule has 2 rings (SSSR count). The molecule has 1 aromatic rings. The molecule has 0 fully saturated rings. The molecule has 2 nitrogen and oxygen atoms in total. The first-order valence-corrected chi connectivity index (χ1v) is 4.99. The Morgan fingerprint density at radius 3 is 2.46 bits per heavy atom. The second kappa shape index (κ2) is 3.26. The van der Waals surface area contributed by atoms with E-state index in [2.05, 4.69) is 0 Å². The monoisotopic (exact) mass is 191 g/mol. The Kier molecular flexibility index (Phi) is 2.10. The van der Waals surface area contributed by atoms with Crippen LogP contribution in [0.25, 0.3) is 5.57 Å². The number of ketones is 1. The van der Waals surface area contributed by atoms with Gasteiger partial charge in [-0.25, -0.2) is 0 Å². The van der Waals surface area contributed by atoms with Crippen LogP contribution in [0.3, 0.4) is 0 Å². The molecule has 0 amide bonds. The van der Waals surface area contributed by atoms with Gasteiger partial charge in [0, 0.05) is 0 Å². The number of hydrogen-bond donors (Lipinski definition) is 1. The lowest BCUT2D eigenvalue weighted by atomic mass is 10.0. The molecule has 0 bridgehead atoms. The summed E-state index contributed by atoms with van der Waals surface area (Å²) in [5, 5.41) is 0.649. The molecule has 0 saturated heterocycles. The zero-order chi connectivity index (χ0) is 9.26. The van der Waals surface area contributed by atoms with Crippen LogP contribution in [0.1, 0.15) is 5.56 Å². The summed E-state index contributed by atoms with van der Waals surface area (Å²) < 4.78 is 0. The number of nitrogens with two attached hydrogens (primary N) is 1. The van der Waals surface area contributed by atoms with Crippen LogP contribution in [-0.4, -0.2) is 11.5 Å². The van der Waals surface area contributed by atoms with Crippen molar-refractivity contribution in [3.05, 3.63) is 40.9 Å². The van der Waals surface area contributed by atoms with Gasteiger partial charge in [0.25, 0.3) is 0 Å². The molecule has 1 aromatic carbocycles. The lowest BCUT2D eigenvalue weighted by Crippen LogP contribution is -2.01. The number of rotatable bonds is 1. The van der Waals surface area contributed by atoms with Crippen LogP contribution >= 0.6 is 11.8 Å². The minimum absolute atomic E-state index is 0.133. The number of carbonyl (C=O) groups is 1. The third kappa shape index (κ3) is 1.47. The van der Waals surface area contributed by atoms with Gasteiger partial charge in [-0.1, -0.05) is 30.3 Å². The van der Waals surface area contributed by atoms with Gasteiger partial charge in [0.1, 0.15) is 0 Å². The van der Waals surface area contributed by atoms with Gasteiger partial charge in [0.15, 0.2) is 5.78 Å². The molecule has 2 N–H and O–H groups in total. The fourth-order valence-electron chi connectivity index (χ4n) is 1.33. The Morgan fingerprint density at radius 1 is 1.23 bits per heavy atom. The predicted molar refractivity (Wildman–Crippen MR) is 55.0 cm³/mol. The summed E-state index contributed by atoms with van der Waals surface area (Å²) in [7, 11) is 0. The lowest BCUT2D eigenvalue weighted by Gasteiger charge is -2.00. The van der Waals surface area contributed by atoms with E-state index in [1.807, 2.05) is 30.3 Å². The van der Waals surface area contributed by atoms with Gasteiger partial charge in [0.05, 0.1) is 16.4 Å². The fraction of sp³-hybridized carbons (Fsp3) is 0.100. The van der Waals surface area contributed by atoms with Crippen LogP contribution in [0.5, 0.6) is 0 Å². The van der Waals surface area contributed by atoms with Crippen molar-refractivity contribution in [1.82, 2.24) is 0 Å². The second-order valence-corrected chi connectivity index (χ2v) is 3.83. The van der Waals surface area contributed by atoms with E-state index >= 15 is 0 Å². The van der Waals surface area contributed by atoms with Gasteiger partial charge in [-0.05, 0) is 5.56 Å². The third-order valence-corrected chi connectivity index (χ3v) is 2.87. The highest BCUT2D eigenvalue weighted by molar-refractivity contribution is 8.04. The maximum atomic E-state index is 11.4. The highest BCUT2D eigenvalue weighted by atomic mass is 32.2. The van der Waals surface area contributed by atoms with E-state index in [-0.39, 0.29) is 5.78 Å². The minimum atomic E-state index is 0.133. The fourth-order valence-corrected chi connectivity index (χ4v) is 2.14. The summed E-state index contributed by atoms with van der Waals surface area (Å²) in [6, 6.07) is 9.56. The highest BCUT2D eigenvalue weighted by Crippen LogP contribution is 2.31. The molecule has 0 atom stereocenters. The molecule has 0 unspecified atom stereocenters. The van der Waals surface area contributed by atoms with E-state index in [9.17, 15) is 4.79 Å². The molecule has 3 heteroatoms. The van der Waals surface area contributed by atoms with E-state index in [4.69, 9.17) is 5.73 Å². The first kappa shape index (κ1) is 8.38. The Balaban J connectivity index is 2.47. The maximum Gasteiger partial charge on any atom is 0.176 e. The van der Waals surface area contributed by atoms with Crippen LogP contribution in [0.2, 0.25) is 0 Å². The number of allylic oxidation sites excluding steroid dienone is 1. The van der Waals surface area contributed by atoms with Crippen molar-refractivity contribution < 1.29 is 4.79 Å². The predicted octanol–water partition coefficient (Wildman–Crippen LogP) is 1.63. The van der Waals surface area contributed by atoms with E-state index < -0.39 is 0 Å². The molecule has 0 aromatic heterocycles. The van der Waals surface area contributed by atoms with Crippen molar-refractivity contribution >= 4 is 23.1 Å². The van der Waals surface area contributed by atoms with Gasteiger partial charge in [-0.15, -0.1) is 11.8 Å². The molecule has 1 aliphatic rings. The number of benzene rings is 1. The summed E-state index contributed by atoms with van der Waals surface area (Å²) in [5.41, 5.74) is 7.33. The summed E-state index contributed by atoms with van der Waals surface area (Å²) >= 11 is 1.42. The Hall–Kier alpha value is -1.22. The first-order valence-electron chi connectivity index (χ1n) is 4.00. The number of carbonyl (C=O) groups excluding carboxylic acids is 1. The molecule has 0 aliphatic carbocycles. The van der Waals surface area contributed by atoms with Crippen LogP contribution in [0.4, 0.5) is 0 Å². The molecule has 1 heterocycles. The first-order chi connectivity index (χ1) is 6.29. The Morgan fingerprint density at radius 2 is 1.92 bits per heavy atom. The number of hydrogen-bond acceptors (Lipinski definition) is 3. The topological polar surface area (TPSA) is 43.1 Å². The van der Waals surface area contributed by atoms with Gasteiger partial charge in [0.2, 0.25) is 0 Å². The summed E-state index contributed by atoms with van der Waals surface area (Å²) in [6.07, 6.45) is 0. The molecular formula is C10H9NOS. The smallest absolute Gasteiger partial charge is 0.176 e. The van der Waals surface area contributed by atoms with E-state index in [1.165, 1.54) is 11.8 Å². The lowest BCUT2D eigenvalue weighted by molar-refractivity contribution is -0.111. The van der Waals surface area contributed by atoms with Crippen LogP contribution in [-0.2, 0) is 4.79 Å². The number of Topliss-reactive ketones (excluding diaryl/α,β-unsaturated/α-hetero) is 1. The molecule has 0 radical (unpaired) electrons. The standard InChI is InChI=1S/C10H9NOS/c11-10-9(8(12)6-13-10)7-4-2-1-3-5-7/h1-5H,6,11H2. The van der Waals surface area contributed by atoms with Crippen molar-refractivity contribution in [3.8, 4) is 0 Å². The van der Waals surface area contributed by atoms with Gasteiger partial charge in [-0.2, -0.15) is 0 Å². The molecule has 66 valence electrons. The van der Waals surface area contributed by atoms with Gasteiger partial charge >= 0.3 is 0 Å². The van der Waals surface area contributed by atoms with Crippen LogP contribution in [0, 0.1) is 0 Å². The van der Waals surface area contributed by atoms with Crippen LogP contribution < -0.4 is 5.73 Å². The SMILES string of the molecule is NC1=C(c2ccccc2)C(=O)CS1. The second-order valence-electron chi connectivity index (χ2n) is 2.82. The molecular weight excluding hydrogens is 182 g/mol. The van der Waals surface area contributed by atoms with E-state index in [0.717, 1.165) is 5.56 Å². The zero-order valence-corrected chi connectivity index (χ0v) is 7.80. The molecule has 0 saturated carbocycles. The third-order valence-electron chi connectivity index (χ3n) is 1.95. The highest BCUT2D eigenvalue weighted by Gasteiger charge is 2.22. The largest absolute Gasteiger partial charge is 0.393 e. The minimum Gasteiger partial charge on any atom is -0.393 e. The Labute approximate surface area is 80.8 Å². The molecule has 1 aliphatic heterocycles. The number of thioether (sulfide) groups is 1. The van der Waals surface area contributed by atoms with Gasteiger partial charge in [-0.3, -0.25) is 4.79 Å². The van der Waals surface area contributed by atoms with Crippen molar-refractivity contribution in [3.63, 3.8) is 0 Å². The van der Waals surface area contributed by atoms with E-state index in [1.54, 1.807) is 0 Å². The van der Waals surface area contributed by atoms with Crippen molar-refractivity contribution in [2.24, 2.45) is 5.73 Å². The maximum absolute atomic E-state index is 11.4. The quantitative estimate of drug-likeness (QED) is 0.733. The normalized spacial score (nSPS) is 16.8. The van der Waals surface area contributed by atoms with Crippen molar-refractivity contribution in [1.29, 1.82) is 0 Å². The molecule has 13 heavy (non-hydrogen) atoms. The van der Waals surface area contributed by atoms with Crippen molar-refractivity contribution in [2.75, 3.05) is 5.75 Å². The average molecular weight is 191 g/mol. The van der Waals surface area contributed by atoms with Crippen LogP contribution in [0.15, 0.2) is 35.4 Å².